The van der Waals surface area contributed by atoms with Gasteiger partial charge in [-0.1, -0.05) is 42.5 Å². The van der Waals surface area contributed by atoms with E-state index in [1.54, 1.807) is 56.4 Å². The molecule has 4 aromatic rings. The van der Waals surface area contributed by atoms with Crippen LogP contribution < -0.4 is 10.1 Å². The summed E-state index contributed by atoms with van der Waals surface area (Å²) in [6.07, 6.45) is 0.443. The number of nitrogens with zero attached hydrogens (tertiary/aromatic N) is 3. The second-order valence-electron chi connectivity index (χ2n) is 8.44. The third kappa shape index (κ3) is 5.63. The van der Waals surface area contributed by atoms with Gasteiger partial charge in [0.1, 0.15) is 23.8 Å². The number of pyridine rings is 1. The maximum Gasteiger partial charge on any atom is 0.313 e. The number of hydrogen-bond acceptors (Lipinski definition) is 5. The summed E-state index contributed by atoms with van der Waals surface area (Å²) in [5.74, 6) is 0.302. The lowest BCUT2D eigenvalue weighted by atomic mass is 9.84. The highest BCUT2D eigenvalue weighted by Crippen LogP contribution is 2.33. The van der Waals surface area contributed by atoms with Crippen LogP contribution in [0.4, 0.5) is 20.3 Å². The fraction of sp³-hybridized carbons (Fsp3) is 0.192. The first kappa shape index (κ1) is 23.9. The minimum absolute atomic E-state index is 0.333. The fourth-order valence-electron chi connectivity index (χ4n) is 3.44. The Morgan fingerprint density at radius 3 is 2.60 bits per heavy atom. The summed E-state index contributed by atoms with van der Waals surface area (Å²) in [5.41, 5.74) is 1.43. The van der Waals surface area contributed by atoms with Crippen molar-refractivity contribution >= 4 is 17.5 Å². The zero-order valence-electron chi connectivity index (χ0n) is 19.2. The summed E-state index contributed by atoms with van der Waals surface area (Å²) < 4.78 is 33.1. The van der Waals surface area contributed by atoms with Crippen LogP contribution in [0.2, 0.25) is 0 Å². The number of anilines is 2. The third-order valence-corrected chi connectivity index (χ3v) is 5.45. The maximum atomic E-state index is 12.9. The van der Waals surface area contributed by atoms with E-state index in [0.29, 0.717) is 34.3 Å². The highest BCUT2D eigenvalue weighted by molar-refractivity contribution is 5.81. The van der Waals surface area contributed by atoms with Gasteiger partial charge < -0.3 is 15.2 Å². The van der Waals surface area contributed by atoms with E-state index in [4.69, 9.17) is 4.74 Å². The second-order valence-corrected chi connectivity index (χ2v) is 8.44. The Kier molecular flexibility index (Phi) is 6.77. The number of rotatable bonds is 9. The van der Waals surface area contributed by atoms with Gasteiger partial charge >= 0.3 is 5.97 Å². The van der Waals surface area contributed by atoms with Crippen molar-refractivity contribution in [2.75, 3.05) is 5.32 Å². The minimum Gasteiger partial charge on any atom is -0.481 e. The molecule has 4 rings (SSSR count). The molecule has 0 saturated heterocycles. The molecular weight excluding hydrogens is 454 g/mol. The molecule has 2 aromatic heterocycles. The largest absolute Gasteiger partial charge is 0.481 e. The van der Waals surface area contributed by atoms with E-state index in [1.807, 2.05) is 30.3 Å². The Bertz CT molecular complexity index is 1320. The second kappa shape index (κ2) is 9.92. The summed E-state index contributed by atoms with van der Waals surface area (Å²) in [7, 11) is 0. The predicted molar refractivity (Wildman–Crippen MR) is 128 cm³/mol. The van der Waals surface area contributed by atoms with Crippen molar-refractivity contribution in [3.05, 3.63) is 84.7 Å². The number of carboxylic acid groups (broad SMARTS) is 1. The van der Waals surface area contributed by atoms with E-state index in [1.165, 1.54) is 10.9 Å². The molecule has 0 spiro atoms. The number of aromatic nitrogens is 3. The number of carboxylic acids is 1. The van der Waals surface area contributed by atoms with E-state index in [0.717, 1.165) is 5.56 Å². The zero-order chi connectivity index (χ0) is 25.0. The smallest absolute Gasteiger partial charge is 0.313 e. The van der Waals surface area contributed by atoms with Crippen molar-refractivity contribution in [3.8, 4) is 22.8 Å². The number of aliphatic carboxylic acids is 1. The van der Waals surface area contributed by atoms with Gasteiger partial charge in [0.15, 0.2) is 5.75 Å². The first-order valence-corrected chi connectivity index (χ1v) is 10.9. The molecule has 2 aromatic carbocycles. The normalized spacial score (nSPS) is 11.5. The van der Waals surface area contributed by atoms with Crippen LogP contribution in [-0.4, -0.2) is 32.3 Å². The molecule has 2 N–H and O–H groups in total. The molecule has 0 aliphatic rings. The number of alkyl halides is 2. The van der Waals surface area contributed by atoms with Gasteiger partial charge in [-0.2, -0.15) is 5.10 Å². The van der Waals surface area contributed by atoms with Crippen LogP contribution in [0, 0.1) is 0 Å². The Labute approximate surface area is 201 Å². The van der Waals surface area contributed by atoms with Crippen LogP contribution >= 0.6 is 0 Å². The molecule has 2 heterocycles. The van der Waals surface area contributed by atoms with Gasteiger partial charge in [-0.25, -0.2) is 13.8 Å². The molecule has 180 valence electrons. The lowest BCUT2D eigenvalue weighted by Gasteiger charge is -2.20. The first-order chi connectivity index (χ1) is 16.7. The number of hydrogen-bond donors (Lipinski definition) is 2. The van der Waals surface area contributed by atoms with Gasteiger partial charge in [0, 0.05) is 23.5 Å². The van der Waals surface area contributed by atoms with E-state index < -0.39 is 24.4 Å². The number of ether oxygens (including phenoxy) is 1. The first-order valence-electron chi connectivity index (χ1n) is 10.9. The highest BCUT2D eigenvalue weighted by Gasteiger charge is 2.29. The highest BCUT2D eigenvalue weighted by atomic mass is 19.3. The van der Waals surface area contributed by atoms with Crippen LogP contribution in [0.1, 0.15) is 19.4 Å². The molecule has 0 atom stereocenters. The Morgan fingerprint density at radius 1 is 1.11 bits per heavy atom. The molecule has 7 nitrogen and oxygen atoms in total. The van der Waals surface area contributed by atoms with Gasteiger partial charge in [-0.3, -0.25) is 9.48 Å². The van der Waals surface area contributed by atoms with Gasteiger partial charge in [0.2, 0.25) is 0 Å². The topological polar surface area (TPSA) is 89.3 Å². The summed E-state index contributed by atoms with van der Waals surface area (Å²) in [6, 6.07) is 19.6. The van der Waals surface area contributed by atoms with Gasteiger partial charge in [-0.15, -0.1) is 0 Å². The van der Waals surface area contributed by atoms with Crippen molar-refractivity contribution in [2.45, 2.75) is 32.2 Å². The average molecular weight is 478 g/mol. The van der Waals surface area contributed by atoms with Crippen molar-refractivity contribution < 1.29 is 23.4 Å². The number of benzene rings is 2. The SMILES string of the molecule is CC(C)(C(=O)O)c1cccc(Nc2cc(Oc3cn(CC(F)F)nc3-c3ccccc3)ccn2)c1. The van der Waals surface area contributed by atoms with Crippen LogP contribution in [-0.2, 0) is 16.8 Å². The molecule has 0 bridgehead atoms. The standard InChI is InChI=1S/C26H24F2N4O3/c1-26(2,25(33)34)18-9-6-10-19(13-18)30-23-14-20(11-12-29-23)35-21-15-32(16-22(27)28)31-24(21)17-7-4-3-5-8-17/h3-15,22H,16H2,1-2H3,(H,29,30)(H,33,34). The van der Waals surface area contributed by atoms with Crippen LogP contribution in [0.25, 0.3) is 11.3 Å². The monoisotopic (exact) mass is 478 g/mol. The molecule has 0 fully saturated rings. The Balaban J connectivity index is 1.59. The predicted octanol–water partition coefficient (Wildman–Crippen LogP) is 6.11. The van der Waals surface area contributed by atoms with Crippen LogP contribution in [0.15, 0.2) is 79.1 Å². The van der Waals surface area contributed by atoms with E-state index in [-0.39, 0.29) is 0 Å². The molecule has 0 amide bonds. The Hall–Kier alpha value is -4.27. The van der Waals surface area contributed by atoms with E-state index >= 15 is 0 Å². The van der Waals surface area contributed by atoms with Gasteiger partial charge in [-0.05, 0) is 37.6 Å². The van der Waals surface area contributed by atoms with E-state index in [2.05, 4.69) is 15.4 Å². The third-order valence-electron chi connectivity index (χ3n) is 5.45. The number of nitrogens with one attached hydrogen (secondary N) is 1. The molecule has 0 aliphatic heterocycles. The Morgan fingerprint density at radius 2 is 1.89 bits per heavy atom. The summed E-state index contributed by atoms with van der Waals surface area (Å²) in [6.45, 7) is 2.73. The van der Waals surface area contributed by atoms with E-state index in [9.17, 15) is 18.7 Å². The summed E-state index contributed by atoms with van der Waals surface area (Å²) in [4.78, 5) is 15.9. The fourth-order valence-corrected chi connectivity index (χ4v) is 3.44. The number of halogens is 2. The summed E-state index contributed by atoms with van der Waals surface area (Å²) >= 11 is 0. The maximum absolute atomic E-state index is 12.9. The van der Waals surface area contributed by atoms with Crippen molar-refractivity contribution in [1.82, 2.24) is 14.8 Å². The number of carbonyl (C=O) groups is 1. The summed E-state index contributed by atoms with van der Waals surface area (Å²) in [5, 5.41) is 17.0. The molecule has 9 heteroatoms. The van der Waals surface area contributed by atoms with Crippen molar-refractivity contribution in [2.24, 2.45) is 0 Å². The van der Waals surface area contributed by atoms with Crippen LogP contribution in [0.5, 0.6) is 11.5 Å². The molecule has 35 heavy (non-hydrogen) atoms. The lowest BCUT2D eigenvalue weighted by Crippen LogP contribution is -2.28. The van der Waals surface area contributed by atoms with Gasteiger partial charge in [0.05, 0.1) is 11.6 Å². The molecular formula is C26H24F2N4O3. The lowest BCUT2D eigenvalue weighted by molar-refractivity contribution is -0.142. The average Bonchev–Trinajstić information content (AvgIpc) is 3.21. The van der Waals surface area contributed by atoms with Crippen molar-refractivity contribution in [3.63, 3.8) is 0 Å². The molecule has 0 saturated carbocycles. The quantitative estimate of drug-likeness (QED) is 0.302. The zero-order valence-corrected chi connectivity index (χ0v) is 19.2. The van der Waals surface area contributed by atoms with Gasteiger partial charge in [0.25, 0.3) is 6.43 Å². The molecule has 0 aliphatic carbocycles. The molecule has 0 unspecified atom stereocenters. The van der Waals surface area contributed by atoms with Crippen molar-refractivity contribution in [1.29, 1.82) is 0 Å². The minimum atomic E-state index is -2.55. The van der Waals surface area contributed by atoms with Crippen LogP contribution in [0.3, 0.4) is 0 Å². The molecule has 0 radical (unpaired) electrons.